The zero-order valence-electron chi connectivity index (χ0n) is 15.5. The van der Waals surface area contributed by atoms with Crippen LogP contribution in [-0.2, 0) is 57.6 Å². The van der Waals surface area contributed by atoms with Crippen molar-refractivity contribution in [3.63, 3.8) is 0 Å². The number of carbonyl (C=O) groups is 4. The Balaban J connectivity index is -0.000000411. The van der Waals surface area contributed by atoms with E-state index in [1.54, 1.807) is 0 Å². The topological polar surface area (TPSA) is 170 Å². The van der Waals surface area contributed by atoms with Crippen molar-refractivity contribution in [2.45, 2.75) is 0 Å². The van der Waals surface area contributed by atoms with Crippen LogP contribution >= 0.6 is 0 Å². The van der Waals surface area contributed by atoms with Crippen molar-refractivity contribution in [2.24, 2.45) is 0 Å². The summed E-state index contributed by atoms with van der Waals surface area (Å²) in [5.41, 5.74) is 0. The van der Waals surface area contributed by atoms with Crippen molar-refractivity contribution in [3.05, 3.63) is 0 Å². The fourth-order valence-electron chi connectivity index (χ4n) is 1.15. The van der Waals surface area contributed by atoms with E-state index in [1.165, 1.54) is 14.2 Å². The predicted molar refractivity (Wildman–Crippen MR) is 86.7 cm³/mol. The second kappa shape index (κ2) is 22.4. The minimum atomic E-state index is -1.09. The minimum absolute atomic E-state index is 0. The third-order valence-corrected chi connectivity index (χ3v) is 2.17. The van der Waals surface area contributed by atoms with Gasteiger partial charge in [0.05, 0.1) is 13.2 Å². The first-order chi connectivity index (χ1) is 12.3. The van der Waals surface area contributed by atoms with Gasteiger partial charge in [-0.2, -0.15) is 0 Å². The summed E-state index contributed by atoms with van der Waals surface area (Å²) in [7, 11) is 3.04. The summed E-state index contributed by atoms with van der Waals surface area (Å²) in [6.07, 6.45) is 0. The van der Waals surface area contributed by atoms with Gasteiger partial charge in [0.2, 0.25) is 11.8 Å². The molecule has 0 aromatic carbocycles. The summed E-state index contributed by atoms with van der Waals surface area (Å²) in [5, 5.41) is 21.3. The monoisotopic (exact) mass is 446 g/mol. The van der Waals surface area contributed by atoms with Crippen LogP contribution < -0.4 is 10.6 Å². The second-order valence-electron chi connectivity index (χ2n) is 4.46. The number of hydrogen-bond acceptors (Lipinski definition) is 8. The van der Waals surface area contributed by atoms with Crippen LogP contribution in [0.1, 0.15) is 0 Å². The molecule has 0 fully saturated rings. The Bertz CT molecular complexity index is 385. The molecule has 4 N–H and O–H groups in total. The first-order valence-corrected chi connectivity index (χ1v) is 7.43. The summed E-state index contributed by atoms with van der Waals surface area (Å²) in [5.74, 6) is -2.88. The van der Waals surface area contributed by atoms with E-state index in [9.17, 15) is 19.2 Å². The molecule has 0 saturated heterocycles. The molecule has 154 valence electrons. The van der Waals surface area contributed by atoms with Crippen LogP contribution in [-0.4, -0.2) is 101 Å². The molecule has 0 heterocycles. The van der Waals surface area contributed by atoms with Crippen molar-refractivity contribution in [3.8, 4) is 0 Å². The molecule has 0 atom stereocenters. The van der Waals surface area contributed by atoms with Crippen LogP contribution in [0.5, 0.6) is 0 Å². The van der Waals surface area contributed by atoms with Crippen LogP contribution in [0.25, 0.3) is 0 Å². The predicted octanol–water partition coefficient (Wildman–Crippen LogP) is -2.30. The van der Waals surface area contributed by atoms with E-state index in [1.807, 2.05) is 0 Å². The first-order valence-electron chi connectivity index (χ1n) is 7.43. The van der Waals surface area contributed by atoms with Crippen LogP contribution in [0.15, 0.2) is 0 Å². The molecule has 13 heteroatoms. The molecular weight excluding hydrogens is 422 g/mol. The smallest absolute Gasteiger partial charge is 0.329 e. The Hall–Kier alpha value is -1.66. The molecule has 0 aromatic rings. The van der Waals surface area contributed by atoms with Crippen molar-refractivity contribution in [2.75, 3.05) is 67.0 Å². The molecular formula is C14H26N2O10Zn. The van der Waals surface area contributed by atoms with E-state index >= 15 is 0 Å². The van der Waals surface area contributed by atoms with Gasteiger partial charge >= 0.3 is 11.9 Å². The molecule has 0 saturated carbocycles. The molecule has 0 radical (unpaired) electrons. The molecule has 0 aliphatic carbocycles. The number of rotatable bonds is 14. The van der Waals surface area contributed by atoms with Gasteiger partial charge in [0, 0.05) is 46.8 Å². The van der Waals surface area contributed by atoms with Gasteiger partial charge in [0.15, 0.2) is 0 Å². The number of carboxylic acids is 2. The Kier molecular flexibility index (Phi) is 24.9. The van der Waals surface area contributed by atoms with Gasteiger partial charge in [-0.05, 0) is 0 Å². The molecule has 27 heavy (non-hydrogen) atoms. The van der Waals surface area contributed by atoms with E-state index in [0.717, 1.165) is 0 Å². The Morgan fingerprint density at radius 1 is 0.704 bits per heavy atom. The molecule has 0 aromatic heterocycles. The number of carbonyl (C=O) groups excluding carboxylic acids is 2. The van der Waals surface area contributed by atoms with Gasteiger partial charge in [-0.15, -0.1) is 0 Å². The average molecular weight is 448 g/mol. The summed E-state index contributed by atoms with van der Waals surface area (Å²) in [6.45, 7) is 0.230. The number of ether oxygens (including phenoxy) is 4. The zero-order valence-corrected chi connectivity index (χ0v) is 18.5. The summed E-state index contributed by atoms with van der Waals surface area (Å²) in [4.78, 5) is 41.6. The average Bonchev–Trinajstić information content (AvgIpc) is 2.55. The molecule has 0 bridgehead atoms. The second-order valence-corrected chi connectivity index (χ2v) is 4.46. The van der Waals surface area contributed by atoms with E-state index in [4.69, 9.17) is 10.2 Å². The van der Waals surface area contributed by atoms with Gasteiger partial charge in [-0.25, -0.2) is 9.59 Å². The molecule has 0 spiro atoms. The van der Waals surface area contributed by atoms with Crippen LogP contribution in [0.3, 0.4) is 0 Å². The number of aliphatic carboxylic acids is 2. The molecule has 12 nitrogen and oxygen atoms in total. The Labute approximate surface area is 169 Å². The maximum atomic E-state index is 10.8. The molecule has 2 amide bonds. The van der Waals surface area contributed by atoms with Crippen LogP contribution in [0.2, 0.25) is 0 Å². The number of nitrogens with one attached hydrogen (secondary N) is 2. The fraction of sp³-hybridized carbons (Fsp3) is 0.714. The number of hydrogen-bond donors (Lipinski definition) is 4. The summed E-state index contributed by atoms with van der Waals surface area (Å²) >= 11 is 0. The number of methoxy groups -OCH3 is 2. The SMILES string of the molecule is COCCNC(=O)COCC(=O)O.COCCNC(=O)COCC(=O)O.[Zn]. The summed E-state index contributed by atoms with van der Waals surface area (Å²) < 4.78 is 18.4. The molecule has 0 rings (SSSR count). The van der Waals surface area contributed by atoms with E-state index in [0.29, 0.717) is 26.3 Å². The largest absolute Gasteiger partial charge is 0.480 e. The van der Waals surface area contributed by atoms with Crippen molar-refractivity contribution in [1.82, 2.24) is 10.6 Å². The molecule has 0 aliphatic heterocycles. The number of carboxylic acid groups (broad SMARTS) is 2. The standard InChI is InChI=1S/2C7H13NO5.Zn/c2*1-12-3-2-8-6(9)4-13-5-7(10)11;/h2*2-5H2,1H3,(H,8,9)(H,10,11);. The van der Waals surface area contributed by atoms with E-state index < -0.39 is 25.2 Å². The molecule has 0 unspecified atom stereocenters. The third-order valence-electron chi connectivity index (χ3n) is 2.17. The van der Waals surface area contributed by atoms with Gasteiger partial charge in [-0.1, -0.05) is 0 Å². The van der Waals surface area contributed by atoms with E-state index in [-0.39, 0.29) is 44.5 Å². The van der Waals surface area contributed by atoms with Gasteiger partial charge in [0.25, 0.3) is 0 Å². The third kappa shape index (κ3) is 29.4. The maximum absolute atomic E-state index is 10.8. The first kappa shape index (κ1) is 30.1. The number of amides is 2. The normalized spacial score (nSPS) is 9.26. The molecule has 0 aliphatic rings. The summed E-state index contributed by atoms with van der Waals surface area (Å²) in [6, 6.07) is 0. The van der Waals surface area contributed by atoms with Crippen molar-refractivity contribution < 1.29 is 67.8 Å². The van der Waals surface area contributed by atoms with Crippen molar-refractivity contribution >= 4 is 23.8 Å². The van der Waals surface area contributed by atoms with Gasteiger partial charge in [-0.3, -0.25) is 9.59 Å². The Morgan fingerprint density at radius 3 is 1.30 bits per heavy atom. The minimum Gasteiger partial charge on any atom is -0.480 e. The van der Waals surface area contributed by atoms with Gasteiger partial charge < -0.3 is 39.8 Å². The van der Waals surface area contributed by atoms with E-state index in [2.05, 4.69) is 29.6 Å². The van der Waals surface area contributed by atoms with Gasteiger partial charge in [0.1, 0.15) is 26.4 Å². The maximum Gasteiger partial charge on any atom is 0.329 e. The van der Waals surface area contributed by atoms with Crippen LogP contribution in [0, 0.1) is 0 Å². The quantitative estimate of drug-likeness (QED) is 0.168. The Morgan fingerprint density at radius 2 is 1.04 bits per heavy atom. The van der Waals surface area contributed by atoms with Crippen molar-refractivity contribution in [1.29, 1.82) is 0 Å². The van der Waals surface area contributed by atoms with Crippen LogP contribution in [0.4, 0.5) is 0 Å². The fourth-order valence-corrected chi connectivity index (χ4v) is 1.15. The zero-order chi connectivity index (χ0) is 20.2.